The Balaban J connectivity index is 2.74. The minimum atomic E-state index is -1.67. The summed E-state index contributed by atoms with van der Waals surface area (Å²) in [5, 5.41) is 9.11. The van der Waals surface area contributed by atoms with Gasteiger partial charge in [-0.1, -0.05) is 33.9 Å². The Morgan fingerprint density at radius 2 is 2.00 bits per heavy atom. The zero-order valence-electron chi connectivity index (χ0n) is 9.79. The van der Waals surface area contributed by atoms with Gasteiger partial charge in [-0.2, -0.15) is 0 Å². The minimum absolute atomic E-state index is 0.00392. The van der Waals surface area contributed by atoms with Gasteiger partial charge in [-0.05, 0) is 5.04 Å². The molecule has 3 nitrogen and oxygen atoms in total. The maximum absolute atomic E-state index is 11.7. The molecule has 1 fully saturated rings. The first-order valence-corrected chi connectivity index (χ1v) is 8.09. The van der Waals surface area contributed by atoms with Crippen LogP contribution in [0, 0.1) is 5.92 Å². The van der Waals surface area contributed by atoms with E-state index in [1.807, 2.05) is 4.57 Å². The molecule has 82 valence electrons. The lowest BCUT2D eigenvalue weighted by Gasteiger charge is -2.53. The third-order valence-electron chi connectivity index (χ3n) is 3.75. The normalized spacial score (nSPS) is 23.7. The summed E-state index contributed by atoms with van der Waals surface area (Å²) in [5.41, 5.74) is 0. The number of aliphatic hydroxyl groups is 1. The van der Waals surface area contributed by atoms with Crippen molar-refractivity contribution in [1.29, 1.82) is 0 Å². The molecule has 0 aromatic rings. The first-order valence-electron chi connectivity index (χ1n) is 5.14. The fraction of sp³-hybridized carbons (Fsp3) is 0.900. The third kappa shape index (κ3) is 1.61. The summed E-state index contributed by atoms with van der Waals surface area (Å²) in [6, 6.07) is 0. The number of hydrogen-bond donors (Lipinski definition) is 1. The highest BCUT2D eigenvalue weighted by Crippen LogP contribution is 2.41. The maximum atomic E-state index is 11.7. The smallest absolute Gasteiger partial charge is 0.221 e. The van der Waals surface area contributed by atoms with Crippen LogP contribution in [-0.4, -0.2) is 37.0 Å². The Morgan fingerprint density at radius 1 is 1.50 bits per heavy atom. The third-order valence-corrected chi connectivity index (χ3v) is 9.17. The Kier molecular flexibility index (Phi) is 2.80. The van der Waals surface area contributed by atoms with E-state index in [0.29, 0.717) is 0 Å². The molecule has 1 amide bonds. The minimum Gasteiger partial charge on any atom is -0.395 e. The van der Waals surface area contributed by atoms with Crippen LogP contribution in [0.25, 0.3) is 0 Å². The summed E-state index contributed by atoms with van der Waals surface area (Å²) in [6.07, 6.45) is 0. The van der Waals surface area contributed by atoms with Crippen LogP contribution in [-0.2, 0) is 4.79 Å². The fourth-order valence-electron chi connectivity index (χ4n) is 1.54. The zero-order chi connectivity index (χ0) is 11.1. The van der Waals surface area contributed by atoms with Gasteiger partial charge in [0, 0.05) is 6.54 Å². The van der Waals surface area contributed by atoms with Gasteiger partial charge in [0.1, 0.15) is 0 Å². The van der Waals surface area contributed by atoms with Crippen molar-refractivity contribution in [3.63, 3.8) is 0 Å². The Hall–Kier alpha value is -0.353. The highest BCUT2D eigenvalue weighted by molar-refractivity contribution is 6.79. The number of nitrogens with zero attached hydrogens (tertiary/aromatic N) is 1. The van der Waals surface area contributed by atoms with E-state index < -0.39 is 8.24 Å². The van der Waals surface area contributed by atoms with Gasteiger partial charge in [0.05, 0.1) is 12.5 Å². The highest BCUT2D eigenvalue weighted by Gasteiger charge is 2.50. The van der Waals surface area contributed by atoms with Crippen molar-refractivity contribution < 1.29 is 9.90 Å². The van der Waals surface area contributed by atoms with Crippen LogP contribution >= 0.6 is 0 Å². The number of amides is 1. The molecule has 1 unspecified atom stereocenters. The van der Waals surface area contributed by atoms with E-state index >= 15 is 0 Å². The van der Waals surface area contributed by atoms with Crippen molar-refractivity contribution in [3.05, 3.63) is 0 Å². The topological polar surface area (TPSA) is 40.5 Å². The van der Waals surface area contributed by atoms with E-state index in [0.717, 1.165) is 6.54 Å². The Morgan fingerprint density at radius 3 is 2.29 bits per heavy atom. The summed E-state index contributed by atoms with van der Waals surface area (Å²) in [6.45, 7) is 11.8. The number of carbonyl (C=O) groups excluding carboxylic acids is 1. The van der Waals surface area contributed by atoms with Crippen molar-refractivity contribution in [3.8, 4) is 0 Å². The molecule has 0 radical (unpaired) electrons. The van der Waals surface area contributed by atoms with Crippen LogP contribution in [0.5, 0.6) is 0 Å². The lowest BCUT2D eigenvalue weighted by Crippen LogP contribution is -2.68. The van der Waals surface area contributed by atoms with Crippen molar-refractivity contribution in [2.24, 2.45) is 5.92 Å². The van der Waals surface area contributed by atoms with Crippen molar-refractivity contribution in [2.75, 3.05) is 13.2 Å². The molecule has 0 spiro atoms. The number of rotatable bonds is 2. The molecule has 1 aliphatic rings. The fourth-order valence-corrected chi connectivity index (χ4v) is 3.76. The molecule has 1 rings (SSSR count). The van der Waals surface area contributed by atoms with Gasteiger partial charge in [0.25, 0.3) is 0 Å². The van der Waals surface area contributed by atoms with E-state index in [9.17, 15) is 4.79 Å². The van der Waals surface area contributed by atoms with E-state index in [4.69, 9.17) is 5.11 Å². The summed E-state index contributed by atoms with van der Waals surface area (Å²) in [4.78, 5) is 11.7. The van der Waals surface area contributed by atoms with Crippen molar-refractivity contribution >= 4 is 14.1 Å². The second-order valence-electron chi connectivity index (χ2n) is 5.64. The van der Waals surface area contributed by atoms with Gasteiger partial charge in [0.15, 0.2) is 8.24 Å². The molecule has 14 heavy (non-hydrogen) atoms. The summed E-state index contributed by atoms with van der Waals surface area (Å²) >= 11 is 0. The quantitative estimate of drug-likeness (QED) is 0.559. The second kappa shape index (κ2) is 3.34. The highest BCUT2D eigenvalue weighted by atomic mass is 28.3. The van der Waals surface area contributed by atoms with Crippen LogP contribution in [0.3, 0.4) is 0 Å². The Labute approximate surface area is 87.2 Å². The van der Waals surface area contributed by atoms with Crippen molar-refractivity contribution in [1.82, 2.24) is 4.57 Å². The SMILES string of the molecule is CC(C)(C)[Si](C)(C)N1CC(CO)C1=O. The molecular formula is C10H21NO2Si. The Bertz CT molecular complexity index is 245. The molecule has 1 atom stereocenters. The van der Waals surface area contributed by atoms with Gasteiger partial charge in [-0.15, -0.1) is 0 Å². The molecule has 1 aliphatic heterocycles. The molecule has 1 N–H and O–H groups in total. The summed E-state index contributed by atoms with van der Waals surface area (Å²) < 4.78 is 2.01. The van der Waals surface area contributed by atoms with Crippen molar-refractivity contribution in [2.45, 2.75) is 38.9 Å². The number of hydrogen-bond acceptors (Lipinski definition) is 2. The zero-order valence-corrected chi connectivity index (χ0v) is 10.8. The van der Waals surface area contributed by atoms with Gasteiger partial charge < -0.3 is 9.67 Å². The largest absolute Gasteiger partial charge is 0.395 e. The van der Waals surface area contributed by atoms with Gasteiger partial charge >= 0.3 is 0 Å². The summed E-state index contributed by atoms with van der Waals surface area (Å²) in [5.74, 6) is 0.0308. The molecule has 0 bridgehead atoms. The second-order valence-corrected chi connectivity index (χ2v) is 10.8. The molecule has 0 aliphatic carbocycles. The van der Waals surface area contributed by atoms with E-state index in [1.165, 1.54) is 0 Å². The molecule has 4 heteroatoms. The van der Waals surface area contributed by atoms with Crippen LogP contribution in [0.15, 0.2) is 0 Å². The van der Waals surface area contributed by atoms with E-state index in [2.05, 4.69) is 33.9 Å². The van der Waals surface area contributed by atoms with E-state index in [1.54, 1.807) is 0 Å². The van der Waals surface area contributed by atoms with Crippen LogP contribution in [0.4, 0.5) is 0 Å². The van der Waals surface area contributed by atoms with Gasteiger partial charge in [-0.3, -0.25) is 4.79 Å². The van der Waals surface area contributed by atoms with Crippen LogP contribution in [0.2, 0.25) is 18.1 Å². The van der Waals surface area contributed by atoms with Crippen LogP contribution in [0.1, 0.15) is 20.8 Å². The van der Waals surface area contributed by atoms with Gasteiger partial charge in [0.2, 0.25) is 5.91 Å². The number of aliphatic hydroxyl groups excluding tert-OH is 1. The molecule has 0 aromatic heterocycles. The molecule has 1 saturated heterocycles. The predicted octanol–water partition coefficient (Wildman–Crippen LogP) is 1.44. The summed E-state index contributed by atoms with van der Waals surface area (Å²) in [7, 11) is -1.67. The lowest BCUT2D eigenvalue weighted by atomic mass is 10.0. The average Bonchev–Trinajstić information content (AvgIpc) is 2.00. The van der Waals surface area contributed by atoms with Crippen LogP contribution < -0.4 is 0 Å². The molecular weight excluding hydrogens is 194 g/mol. The van der Waals surface area contributed by atoms with Gasteiger partial charge in [-0.25, -0.2) is 0 Å². The van der Waals surface area contributed by atoms with E-state index in [-0.39, 0.29) is 23.5 Å². The monoisotopic (exact) mass is 215 g/mol. The standard InChI is InChI=1S/C10H21NO2Si/c1-10(2,3)14(4,5)11-6-8(7-12)9(11)13/h8,12H,6-7H2,1-5H3. The predicted molar refractivity (Wildman–Crippen MR) is 59.5 cm³/mol. The molecule has 0 saturated carbocycles. The number of carbonyl (C=O) groups is 1. The first-order chi connectivity index (χ1) is 6.21. The average molecular weight is 215 g/mol. The molecule has 1 heterocycles. The lowest BCUT2D eigenvalue weighted by molar-refractivity contribution is -0.143. The maximum Gasteiger partial charge on any atom is 0.221 e. The first kappa shape index (κ1) is 11.7. The molecule has 0 aromatic carbocycles. The number of β-lactam (4-membered cyclic amide) rings is 1.